The fourth-order valence-electron chi connectivity index (χ4n) is 4.79. The molecule has 0 aromatic heterocycles. The molecule has 0 aliphatic carbocycles. The van der Waals surface area contributed by atoms with Crippen LogP contribution in [0.1, 0.15) is 46.2 Å². The zero-order chi connectivity index (χ0) is 34.2. The highest BCUT2D eigenvalue weighted by Gasteiger charge is 2.31. The van der Waals surface area contributed by atoms with Crippen LogP contribution in [0.3, 0.4) is 0 Å². The van der Waals surface area contributed by atoms with E-state index in [1.165, 1.54) is 60.7 Å². The Hall–Kier alpha value is -4.51. The lowest BCUT2D eigenvalue weighted by Gasteiger charge is -2.17. The molecule has 0 N–H and O–H groups in total. The van der Waals surface area contributed by atoms with E-state index in [2.05, 4.69) is 13.2 Å². The molecule has 4 aromatic carbocycles. The van der Waals surface area contributed by atoms with Crippen LogP contribution in [-0.4, -0.2) is 21.6 Å². The highest BCUT2D eigenvalue weighted by molar-refractivity contribution is 7.91. The van der Waals surface area contributed by atoms with E-state index in [0.717, 1.165) is 24.3 Å². The van der Waals surface area contributed by atoms with Crippen LogP contribution in [0.4, 0.5) is 26.3 Å². The van der Waals surface area contributed by atoms with E-state index in [1.807, 2.05) is 0 Å². The molecule has 4 aromatic rings. The van der Waals surface area contributed by atoms with Crippen molar-refractivity contribution >= 4 is 9.84 Å². The third kappa shape index (κ3) is 9.28. The summed E-state index contributed by atoms with van der Waals surface area (Å²) in [5, 5.41) is 0. The van der Waals surface area contributed by atoms with E-state index < -0.39 is 33.3 Å². The van der Waals surface area contributed by atoms with Crippen molar-refractivity contribution in [2.45, 2.75) is 47.8 Å². The number of alkyl halides is 6. The van der Waals surface area contributed by atoms with Gasteiger partial charge in [0, 0.05) is 0 Å². The summed E-state index contributed by atoms with van der Waals surface area (Å²) in [6.07, 6.45) is -4.74. The summed E-state index contributed by atoms with van der Waals surface area (Å²) in [5.74, 6) is 0.729. The smallest absolute Gasteiger partial charge is 0.416 e. The van der Waals surface area contributed by atoms with Gasteiger partial charge < -0.3 is 9.47 Å². The average Bonchev–Trinajstić information content (AvgIpc) is 3.01. The molecule has 0 atom stereocenters. The predicted molar refractivity (Wildman–Crippen MR) is 167 cm³/mol. The molecule has 0 amide bonds. The molecular formula is C36H32F6O4S. The van der Waals surface area contributed by atoms with Crippen LogP contribution in [0.15, 0.2) is 120 Å². The minimum absolute atomic E-state index is 0.0255. The molecule has 0 unspecified atom stereocenters. The van der Waals surface area contributed by atoms with Crippen LogP contribution in [0.2, 0.25) is 0 Å². The molecule has 0 fully saturated rings. The number of hydrogen-bond donors (Lipinski definition) is 0. The van der Waals surface area contributed by atoms with Gasteiger partial charge in [-0.3, -0.25) is 0 Å². The maximum Gasteiger partial charge on any atom is 0.416 e. The summed E-state index contributed by atoms with van der Waals surface area (Å²) in [5.41, 5.74) is -0.222. The summed E-state index contributed by atoms with van der Waals surface area (Å²) in [6, 6.07) is 17.7. The minimum atomic E-state index is -4.53. The standard InChI is InChI=1S/C36H32F6O4S/c1-3-5-19-45-31-15-17-33(27(23-31)21-25-7-11-29(12-8-25)35(37,38)39)47(43,44)34-18-16-32(46-20-6-4-2)24-28(34)22-26-9-13-30(14-10-26)36(40,41)42/h3-4,7-18,23-24H,1-2,5-6,19-22H2. The Morgan fingerprint density at radius 3 is 1.26 bits per heavy atom. The number of ether oxygens (including phenoxy) is 2. The summed E-state index contributed by atoms with van der Waals surface area (Å²) in [4.78, 5) is -0.190. The molecule has 0 spiro atoms. The topological polar surface area (TPSA) is 52.6 Å². The van der Waals surface area contributed by atoms with Crippen molar-refractivity contribution in [1.82, 2.24) is 0 Å². The maximum absolute atomic E-state index is 14.4. The molecular weight excluding hydrogens is 642 g/mol. The van der Waals surface area contributed by atoms with Gasteiger partial charge >= 0.3 is 12.4 Å². The Bertz CT molecular complexity index is 1670. The molecule has 0 radical (unpaired) electrons. The highest BCUT2D eigenvalue weighted by Crippen LogP contribution is 2.35. The molecule has 47 heavy (non-hydrogen) atoms. The third-order valence-corrected chi connectivity index (χ3v) is 9.13. The zero-order valence-electron chi connectivity index (χ0n) is 25.2. The fourth-order valence-corrected chi connectivity index (χ4v) is 6.48. The van der Waals surface area contributed by atoms with E-state index >= 15 is 0 Å². The molecule has 0 aliphatic rings. The van der Waals surface area contributed by atoms with Gasteiger partial charge in [0.2, 0.25) is 9.84 Å². The predicted octanol–water partition coefficient (Wildman–Crippen LogP) is 9.65. The summed E-state index contributed by atoms with van der Waals surface area (Å²) in [6.45, 7) is 7.85. The van der Waals surface area contributed by atoms with Crippen molar-refractivity contribution in [3.63, 3.8) is 0 Å². The van der Waals surface area contributed by atoms with Crippen LogP contribution < -0.4 is 9.47 Å². The molecule has 0 saturated carbocycles. The Kier molecular flexibility index (Phi) is 11.2. The maximum atomic E-state index is 14.4. The number of rotatable bonds is 14. The first-order chi connectivity index (χ1) is 22.2. The molecule has 11 heteroatoms. The zero-order valence-corrected chi connectivity index (χ0v) is 26.0. The molecule has 0 saturated heterocycles. The molecule has 0 bridgehead atoms. The molecule has 0 heterocycles. The van der Waals surface area contributed by atoms with Gasteiger partial charge in [-0.25, -0.2) is 8.42 Å². The largest absolute Gasteiger partial charge is 0.493 e. The number of hydrogen-bond acceptors (Lipinski definition) is 4. The lowest BCUT2D eigenvalue weighted by molar-refractivity contribution is -0.138. The van der Waals surface area contributed by atoms with Crippen molar-refractivity contribution in [2.24, 2.45) is 0 Å². The van der Waals surface area contributed by atoms with Crippen molar-refractivity contribution in [3.8, 4) is 11.5 Å². The second-order valence-corrected chi connectivity index (χ2v) is 12.5. The van der Waals surface area contributed by atoms with E-state index in [4.69, 9.17) is 9.47 Å². The van der Waals surface area contributed by atoms with Crippen molar-refractivity contribution in [1.29, 1.82) is 0 Å². The van der Waals surface area contributed by atoms with Gasteiger partial charge in [-0.05, 0) is 109 Å². The second-order valence-electron chi connectivity index (χ2n) is 10.6. The SMILES string of the molecule is C=CCCOc1ccc(S(=O)(=O)c2ccc(OCCC=C)cc2Cc2ccc(C(F)(F)F)cc2)c(Cc2ccc(C(F)(F)F)cc2)c1. The number of halogens is 6. The average molecular weight is 675 g/mol. The minimum Gasteiger partial charge on any atom is -0.493 e. The van der Waals surface area contributed by atoms with Crippen LogP contribution in [0.5, 0.6) is 11.5 Å². The normalized spacial score (nSPS) is 12.0. The fraction of sp³-hybridized carbons (Fsp3) is 0.222. The van der Waals surface area contributed by atoms with Gasteiger partial charge in [-0.15, -0.1) is 13.2 Å². The van der Waals surface area contributed by atoms with Gasteiger partial charge in [0.05, 0.1) is 34.1 Å². The van der Waals surface area contributed by atoms with Gasteiger partial charge in [0.1, 0.15) is 11.5 Å². The molecule has 4 rings (SSSR count). The number of benzene rings is 4. The lowest BCUT2D eigenvalue weighted by Crippen LogP contribution is -2.11. The van der Waals surface area contributed by atoms with E-state index in [9.17, 15) is 34.8 Å². The van der Waals surface area contributed by atoms with Crippen molar-refractivity contribution in [2.75, 3.05) is 13.2 Å². The molecule has 248 valence electrons. The van der Waals surface area contributed by atoms with Crippen LogP contribution in [-0.2, 0) is 35.0 Å². The Morgan fingerprint density at radius 1 is 0.574 bits per heavy atom. The summed E-state index contributed by atoms with van der Waals surface area (Å²) >= 11 is 0. The van der Waals surface area contributed by atoms with E-state index in [1.54, 1.807) is 12.2 Å². The summed E-state index contributed by atoms with van der Waals surface area (Å²) in [7, 11) is -4.29. The van der Waals surface area contributed by atoms with Gasteiger partial charge in [0.15, 0.2) is 0 Å². The molecule has 0 aliphatic heterocycles. The van der Waals surface area contributed by atoms with Gasteiger partial charge in [0.25, 0.3) is 0 Å². The third-order valence-electron chi connectivity index (χ3n) is 7.18. The van der Waals surface area contributed by atoms with E-state index in [-0.39, 0.29) is 47.0 Å². The van der Waals surface area contributed by atoms with Crippen LogP contribution in [0, 0.1) is 0 Å². The van der Waals surface area contributed by atoms with Crippen LogP contribution >= 0.6 is 0 Å². The van der Waals surface area contributed by atoms with E-state index in [0.29, 0.717) is 35.5 Å². The highest BCUT2D eigenvalue weighted by atomic mass is 32.2. The van der Waals surface area contributed by atoms with Crippen molar-refractivity contribution < 1.29 is 44.2 Å². The number of sulfone groups is 1. The first-order valence-electron chi connectivity index (χ1n) is 14.5. The monoisotopic (exact) mass is 674 g/mol. The van der Waals surface area contributed by atoms with Crippen molar-refractivity contribution in [3.05, 3.63) is 144 Å². The first-order valence-corrected chi connectivity index (χ1v) is 16.0. The molecule has 4 nitrogen and oxygen atoms in total. The van der Waals surface area contributed by atoms with Gasteiger partial charge in [-0.2, -0.15) is 26.3 Å². The van der Waals surface area contributed by atoms with Gasteiger partial charge in [-0.1, -0.05) is 36.4 Å². The quantitative estimate of drug-likeness (QED) is 0.0760. The second kappa shape index (κ2) is 14.9. The van der Waals surface area contributed by atoms with Crippen LogP contribution in [0.25, 0.3) is 0 Å². The summed E-state index contributed by atoms with van der Waals surface area (Å²) < 4.78 is 119. The Morgan fingerprint density at radius 2 is 0.936 bits per heavy atom. The lowest BCUT2D eigenvalue weighted by atomic mass is 10.0. The first kappa shape index (κ1) is 35.3. The Labute approximate surface area is 269 Å². The Balaban J connectivity index is 1.78.